The van der Waals surface area contributed by atoms with Gasteiger partial charge in [0.2, 0.25) is 5.91 Å². The van der Waals surface area contributed by atoms with Crippen molar-refractivity contribution in [3.05, 3.63) is 70.2 Å². The van der Waals surface area contributed by atoms with Crippen molar-refractivity contribution >= 4 is 27.9 Å². The Hall–Kier alpha value is -2.34. The summed E-state index contributed by atoms with van der Waals surface area (Å²) in [7, 11) is 0. The Kier molecular flexibility index (Phi) is 6.03. The van der Waals surface area contributed by atoms with Gasteiger partial charge in [-0.1, -0.05) is 72.2 Å². The molecule has 0 saturated carbocycles. The van der Waals surface area contributed by atoms with Crippen LogP contribution in [0.5, 0.6) is 0 Å². The van der Waals surface area contributed by atoms with Gasteiger partial charge in [-0.2, -0.15) is 0 Å². The van der Waals surface area contributed by atoms with Crippen LogP contribution in [0, 0.1) is 5.41 Å². The molecular formula is C23H27BrN2O3. The van der Waals surface area contributed by atoms with Crippen LogP contribution in [0.15, 0.2) is 59.1 Å². The Bertz CT molecular complexity index is 883. The Labute approximate surface area is 180 Å². The summed E-state index contributed by atoms with van der Waals surface area (Å²) in [6.45, 7) is 6.11. The monoisotopic (exact) mass is 458 g/mol. The first-order valence-corrected chi connectivity index (χ1v) is 10.5. The minimum Gasteiger partial charge on any atom is -0.438 e. The number of hydrogen-bond donors (Lipinski definition) is 1. The highest BCUT2D eigenvalue weighted by atomic mass is 79.9. The molecule has 1 aliphatic heterocycles. The van der Waals surface area contributed by atoms with Crippen LogP contribution in [0.4, 0.5) is 4.79 Å². The van der Waals surface area contributed by atoms with Crippen molar-refractivity contribution in [2.45, 2.75) is 45.3 Å². The number of primary amides is 1. The van der Waals surface area contributed by atoms with Crippen LogP contribution in [-0.4, -0.2) is 23.4 Å². The molecule has 2 amide bonds. The number of carbonyl (C=O) groups is 2. The second-order valence-corrected chi connectivity index (χ2v) is 9.24. The van der Waals surface area contributed by atoms with Crippen molar-refractivity contribution in [1.29, 1.82) is 0 Å². The quantitative estimate of drug-likeness (QED) is 0.650. The molecule has 1 unspecified atom stereocenters. The van der Waals surface area contributed by atoms with Crippen molar-refractivity contribution in [2.75, 3.05) is 6.54 Å². The van der Waals surface area contributed by atoms with Gasteiger partial charge in [0.15, 0.2) is 0 Å². The zero-order valence-electron chi connectivity index (χ0n) is 17.0. The molecular weight excluding hydrogens is 432 g/mol. The summed E-state index contributed by atoms with van der Waals surface area (Å²) in [5.41, 5.74) is 5.86. The number of amides is 2. The predicted octanol–water partition coefficient (Wildman–Crippen LogP) is 5.15. The summed E-state index contributed by atoms with van der Waals surface area (Å²) >= 11 is 3.44. The van der Waals surface area contributed by atoms with Gasteiger partial charge >= 0.3 is 6.09 Å². The number of halogens is 1. The van der Waals surface area contributed by atoms with E-state index in [0.717, 1.165) is 15.6 Å². The van der Waals surface area contributed by atoms with Gasteiger partial charge in [-0.3, -0.25) is 4.79 Å². The molecule has 0 bridgehead atoms. The van der Waals surface area contributed by atoms with E-state index in [4.69, 9.17) is 10.5 Å². The van der Waals surface area contributed by atoms with Gasteiger partial charge in [-0.15, -0.1) is 0 Å². The smallest absolute Gasteiger partial charge is 0.411 e. The second kappa shape index (κ2) is 8.19. The fourth-order valence-electron chi connectivity index (χ4n) is 3.91. The Balaban J connectivity index is 1.89. The number of rotatable bonds is 6. The lowest BCUT2D eigenvalue weighted by molar-refractivity contribution is -0.133. The second-order valence-electron chi connectivity index (χ2n) is 8.32. The van der Waals surface area contributed by atoms with Gasteiger partial charge in [-0.05, 0) is 30.2 Å². The van der Waals surface area contributed by atoms with Gasteiger partial charge in [0, 0.05) is 29.3 Å². The topological polar surface area (TPSA) is 72.6 Å². The molecule has 0 radical (unpaired) electrons. The molecule has 154 valence electrons. The van der Waals surface area contributed by atoms with Crippen molar-refractivity contribution in [3.63, 3.8) is 0 Å². The molecule has 2 N–H and O–H groups in total. The molecule has 1 fully saturated rings. The zero-order valence-corrected chi connectivity index (χ0v) is 18.6. The Morgan fingerprint density at radius 2 is 1.83 bits per heavy atom. The number of nitrogens with zero attached hydrogens (tertiary/aromatic N) is 1. The first-order valence-electron chi connectivity index (χ1n) is 9.75. The van der Waals surface area contributed by atoms with E-state index in [-0.39, 0.29) is 12.1 Å². The average molecular weight is 459 g/mol. The average Bonchev–Trinajstić information content (AvgIpc) is 2.68. The van der Waals surface area contributed by atoms with Crippen LogP contribution in [0.1, 0.15) is 50.8 Å². The van der Waals surface area contributed by atoms with Crippen LogP contribution in [-0.2, 0) is 15.1 Å². The normalized spacial score (nSPS) is 20.8. The number of ether oxygens (including phenoxy) is 1. The third-order valence-corrected chi connectivity index (χ3v) is 6.32. The van der Waals surface area contributed by atoms with E-state index in [9.17, 15) is 9.59 Å². The summed E-state index contributed by atoms with van der Waals surface area (Å²) in [6.07, 6.45) is 0.544. The Morgan fingerprint density at radius 1 is 1.21 bits per heavy atom. The molecule has 2 aromatic carbocycles. The molecule has 1 heterocycles. The molecule has 1 saturated heterocycles. The molecule has 3 rings (SSSR count). The molecule has 5 nitrogen and oxygen atoms in total. The van der Waals surface area contributed by atoms with E-state index in [1.54, 1.807) is 18.7 Å². The summed E-state index contributed by atoms with van der Waals surface area (Å²) in [4.78, 5) is 26.8. The van der Waals surface area contributed by atoms with E-state index < -0.39 is 16.9 Å². The number of cyclic esters (lactones) is 1. The molecule has 0 spiro atoms. The summed E-state index contributed by atoms with van der Waals surface area (Å²) in [5, 5.41) is 0. The van der Waals surface area contributed by atoms with Crippen LogP contribution >= 0.6 is 15.9 Å². The first kappa shape index (κ1) is 21.4. The van der Waals surface area contributed by atoms with Crippen LogP contribution in [0.2, 0.25) is 0 Å². The van der Waals surface area contributed by atoms with Gasteiger partial charge < -0.3 is 15.4 Å². The van der Waals surface area contributed by atoms with Crippen molar-refractivity contribution < 1.29 is 14.3 Å². The third-order valence-electron chi connectivity index (χ3n) is 5.79. The van der Waals surface area contributed by atoms with E-state index >= 15 is 0 Å². The van der Waals surface area contributed by atoms with E-state index in [1.807, 2.05) is 61.5 Å². The molecule has 29 heavy (non-hydrogen) atoms. The number of benzene rings is 2. The maximum atomic E-state index is 13.1. The van der Waals surface area contributed by atoms with Crippen molar-refractivity contribution in [3.8, 4) is 0 Å². The fourth-order valence-corrected chi connectivity index (χ4v) is 4.18. The number of hydrogen-bond acceptors (Lipinski definition) is 3. The van der Waals surface area contributed by atoms with Gasteiger partial charge in [0.1, 0.15) is 5.60 Å². The van der Waals surface area contributed by atoms with Gasteiger partial charge in [-0.25, -0.2) is 4.79 Å². The first-order chi connectivity index (χ1) is 13.6. The summed E-state index contributed by atoms with van der Waals surface area (Å²) in [5.74, 6) is -0.408. The zero-order chi connectivity index (χ0) is 21.2. The largest absolute Gasteiger partial charge is 0.438 e. The molecule has 0 aliphatic carbocycles. The van der Waals surface area contributed by atoms with Gasteiger partial charge in [0.25, 0.3) is 0 Å². The predicted molar refractivity (Wildman–Crippen MR) is 116 cm³/mol. The fraction of sp³-hybridized carbons (Fsp3) is 0.391. The summed E-state index contributed by atoms with van der Waals surface area (Å²) in [6, 6.07) is 17.4. The standard InChI is InChI=1S/C23H27BrN2O3/c1-16(17-9-11-19(24)12-10-17)26-14-13-23(29-21(26)28,15-22(2,3)20(25)27)18-7-5-4-6-8-18/h4-12,16H,13-15H2,1-3H3,(H2,25,27)/t16?,23-/m0/s1. The number of carbonyl (C=O) groups excluding carboxylic acids is 2. The highest BCUT2D eigenvalue weighted by Crippen LogP contribution is 2.44. The van der Waals surface area contributed by atoms with E-state index in [0.29, 0.717) is 19.4 Å². The number of nitrogens with two attached hydrogens (primary N) is 1. The molecule has 6 heteroatoms. The van der Waals surface area contributed by atoms with E-state index in [1.165, 1.54) is 0 Å². The lowest BCUT2D eigenvalue weighted by Crippen LogP contribution is -2.51. The van der Waals surface area contributed by atoms with Crippen LogP contribution in [0.3, 0.4) is 0 Å². The SMILES string of the molecule is CC(c1ccc(Br)cc1)N1CC[C@](CC(C)(C)C(N)=O)(c2ccccc2)OC1=O. The minimum absolute atomic E-state index is 0.117. The maximum absolute atomic E-state index is 13.1. The summed E-state index contributed by atoms with van der Waals surface area (Å²) < 4.78 is 7.09. The Morgan fingerprint density at radius 3 is 2.38 bits per heavy atom. The maximum Gasteiger partial charge on any atom is 0.411 e. The minimum atomic E-state index is -0.882. The third kappa shape index (κ3) is 4.47. The van der Waals surface area contributed by atoms with Crippen LogP contribution in [0.25, 0.3) is 0 Å². The molecule has 2 atom stereocenters. The van der Waals surface area contributed by atoms with Crippen molar-refractivity contribution in [1.82, 2.24) is 4.90 Å². The lowest BCUT2D eigenvalue weighted by atomic mass is 9.74. The molecule has 1 aliphatic rings. The lowest BCUT2D eigenvalue weighted by Gasteiger charge is -2.45. The highest BCUT2D eigenvalue weighted by Gasteiger charge is 2.48. The highest BCUT2D eigenvalue weighted by molar-refractivity contribution is 9.10. The molecule has 2 aromatic rings. The van der Waals surface area contributed by atoms with Gasteiger partial charge in [0.05, 0.1) is 6.04 Å². The molecule has 0 aromatic heterocycles. The van der Waals surface area contributed by atoms with Crippen molar-refractivity contribution in [2.24, 2.45) is 11.1 Å². The van der Waals surface area contributed by atoms with Crippen LogP contribution < -0.4 is 5.73 Å². The van der Waals surface area contributed by atoms with E-state index in [2.05, 4.69) is 15.9 Å².